The molecule has 0 aliphatic heterocycles. The maximum absolute atomic E-state index is 12.9. The minimum absolute atomic E-state index is 0.00113. The Bertz CT molecular complexity index is 1080. The fourth-order valence-corrected chi connectivity index (χ4v) is 8.81. The van der Waals surface area contributed by atoms with E-state index in [2.05, 4.69) is 31.3 Å². The van der Waals surface area contributed by atoms with Crippen molar-refractivity contribution in [1.29, 1.82) is 0 Å². The summed E-state index contributed by atoms with van der Waals surface area (Å²) < 4.78 is 23.3. The first-order valence-electron chi connectivity index (χ1n) is 27.2. The van der Waals surface area contributed by atoms with Gasteiger partial charge in [-0.3, -0.25) is 9.36 Å². The van der Waals surface area contributed by atoms with E-state index in [1.165, 1.54) is 193 Å². The van der Waals surface area contributed by atoms with E-state index in [9.17, 15) is 19.4 Å². The van der Waals surface area contributed by atoms with Gasteiger partial charge in [0.15, 0.2) is 0 Å². The first-order valence-corrected chi connectivity index (χ1v) is 28.7. The predicted octanol–water partition coefficient (Wildman–Crippen LogP) is 15.4. The third-order valence-electron chi connectivity index (χ3n) is 12.4. The largest absolute Gasteiger partial charge is 0.756 e. The van der Waals surface area contributed by atoms with Gasteiger partial charge in [0.2, 0.25) is 5.91 Å². The Labute approximate surface area is 392 Å². The molecule has 9 heteroatoms. The fourth-order valence-electron chi connectivity index (χ4n) is 8.09. The molecule has 0 saturated heterocycles. The number of phosphoric acid groups is 1. The number of quaternary nitrogens is 1. The molecule has 3 atom stereocenters. The van der Waals surface area contributed by atoms with Crippen LogP contribution in [-0.2, 0) is 18.4 Å². The zero-order valence-corrected chi connectivity index (χ0v) is 43.4. The van der Waals surface area contributed by atoms with Gasteiger partial charge in [0.1, 0.15) is 13.2 Å². The molecule has 0 fully saturated rings. The number of hydrogen-bond acceptors (Lipinski definition) is 6. The SMILES string of the molecule is CCCCCCCCC/C=C\CCCCCCCC(=O)NC(COP(=O)([O-])OCC[N+](C)(C)C)C(O)/C=C/CCCCCCCCCCCCCCCCCCCCCCCCC. The van der Waals surface area contributed by atoms with Crippen LogP contribution in [0.5, 0.6) is 0 Å². The second kappa shape index (κ2) is 46.1. The second-order valence-corrected chi connectivity index (χ2v) is 21.3. The van der Waals surface area contributed by atoms with Crippen molar-refractivity contribution in [2.75, 3.05) is 40.9 Å². The van der Waals surface area contributed by atoms with Gasteiger partial charge >= 0.3 is 0 Å². The van der Waals surface area contributed by atoms with Gasteiger partial charge in [0, 0.05) is 6.42 Å². The van der Waals surface area contributed by atoms with Gasteiger partial charge in [-0.1, -0.05) is 237 Å². The number of carbonyl (C=O) groups is 1. The summed E-state index contributed by atoms with van der Waals surface area (Å²) in [6.07, 6.45) is 56.7. The van der Waals surface area contributed by atoms with E-state index in [4.69, 9.17) is 9.05 Å². The summed E-state index contributed by atoms with van der Waals surface area (Å²) in [6.45, 7) is 4.67. The first kappa shape index (κ1) is 62.0. The second-order valence-electron chi connectivity index (χ2n) is 19.9. The molecule has 0 aliphatic rings. The van der Waals surface area contributed by atoms with Crippen LogP contribution in [0.15, 0.2) is 24.3 Å². The molecule has 0 rings (SSSR count). The highest BCUT2D eigenvalue weighted by molar-refractivity contribution is 7.45. The van der Waals surface area contributed by atoms with Crippen molar-refractivity contribution < 1.29 is 32.9 Å². The number of hydrogen-bond donors (Lipinski definition) is 2. The van der Waals surface area contributed by atoms with Crippen molar-refractivity contribution in [3.05, 3.63) is 24.3 Å². The minimum Gasteiger partial charge on any atom is -0.756 e. The van der Waals surface area contributed by atoms with E-state index in [-0.39, 0.29) is 19.1 Å². The van der Waals surface area contributed by atoms with Gasteiger partial charge in [-0.15, -0.1) is 0 Å². The van der Waals surface area contributed by atoms with Gasteiger partial charge in [0.05, 0.1) is 39.9 Å². The molecule has 0 heterocycles. The molecule has 8 nitrogen and oxygen atoms in total. The topological polar surface area (TPSA) is 108 Å². The molecular weight excluding hydrogens is 804 g/mol. The standard InChI is InChI=1S/C54H107N2O6P/c1-6-8-10-12-14-16-18-20-22-24-25-26-27-28-29-30-31-32-33-35-37-39-41-43-45-47-53(57)52(51-62-63(59,60)61-50-49-56(3,4)5)55-54(58)48-46-44-42-40-38-36-34-23-21-19-17-15-13-11-9-7-2/h23,34,45,47,52-53,57H,6-22,24-33,35-44,46,48-51H2,1-5H3,(H-,55,58,59,60)/b34-23-,47-45+. The molecule has 0 spiro atoms. The number of rotatable bonds is 50. The molecule has 2 N–H and O–H groups in total. The monoisotopic (exact) mass is 911 g/mol. The van der Waals surface area contributed by atoms with E-state index in [0.29, 0.717) is 17.4 Å². The zero-order chi connectivity index (χ0) is 46.4. The lowest BCUT2D eigenvalue weighted by molar-refractivity contribution is -0.870. The number of aliphatic hydroxyl groups is 1. The molecule has 63 heavy (non-hydrogen) atoms. The zero-order valence-electron chi connectivity index (χ0n) is 42.5. The number of nitrogens with zero attached hydrogens (tertiary/aromatic N) is 1. The molecule has 0 aromatic rings. The highest BCUT2D eigenvalue weighted by atomic mass is 31.2. The van der Waals surface area contributed by atoms with Crippen LogP contribution in [0.2, 0.25) is 0 Å². The van der Waals surface area contributed by atoms with Crippen LogP contribution in [-0.4, -0.2) is 68.5 Å². The van der Waals surface area contributed by atoms with Crippen molar-refractivity contribution in [2.45, 2.75) is 276 Å². The number of amides is 1. The molecule has 0 aromatic carbocycles. The summed E-state index contributed by atoms with van der Waals surface area (Å²) in [7, 11) is 1.26. The van der Waals surface area contributed by atoms with Crippen molar-refractivity contribution in [2.24, 2.45) is 0 Å². The summed E-state index contributed by atoms with van der Waals surface area (Å²) in [4.78, 5) is 25.4. The quantitative estimate of drug-likeness (QED) is 0.0272. The Morgan fingerprint density at radius 3 is 1.24 bits per heavy atom. The van der Waals surface area contributed by atoms with Crippen LogP contribution in [0.3, 0.4) is 0 Å². The van der Waals surface area contributed by atoms with Crippen LogP contribution in [0.1, 0.15) is 264 Å². The van der Waals surface area contributed by atoms with Gasteiger partial charge in [0.25, 0.3) is 7.82 Å². The van der Waals surface area contributed by atoms with Crippen molar-refractivity contribution in [3.8, 4) is 0 Å². The van der Waals surface area contributed by atoms with Crippen molar-refractivity contribution >= 4 is 13.7 Å². The van der Waals surface area contributed by atoms with Crippen LogP contribution >= 0.6 is 7.82 Å². The molecule has 0 radical (unpaired) electrons. The average Bonchev–Trinajstić information content (AvgIpc) is 3.24. The third kappa shape index (κ3) is 48.7. The lowest BCUT2D eigenvalue weighted by Gasteiger charge is -2.29. The number of allylic oxidation sites excluding steroid dienone is 3. The van der Waals surface area contributed by atoms with Gasteiger partial charge in [-0.05, 0) is 44.9 Å². The summed E-state index contributed by atoms with van der Waals surface area (Å²) >= 11 is 0. The van der Waals surface area contributed by atoms with Crippen LogP contribution in [0.25, 0.3) is 0 Å². The number of unbranched alkanes of at least 4 members (excludes halogenated alkanes) is 35. The third-order valence-corrected chi connectivity index (χ3v) is 13.4. The van der Waals surface area contributed by atoms with Crippen molar-refractivity contribution in [3.63, 3.8) is 0 Å². The molecule has 0 bridgehead atoms. The fraction of sp³-hybridized carbons (Fsp3) is 0.907. The Kier molecular flexibility index (Phi) is 45.4. The molecular formula is C54H107N2O6P. The number of likely N-dealkylation sites (N-methyl/N-ethyl adjacent to an activating group) is 1. The highest BCUT2D eigenvalue weighted by Crippen LogP contribution is 2.38. The molecule has 3 unspecified atom stereocenters. The van der Waals surface area contributed by atoms with Crippen molar-refractivity contribution in [1.82, 2.24) is 5.32 Å². The normalized spacial score (nSPS) is 14.2. The molecule has 0 aromatic heterocycles. The number of aliphatic hydroxyl groups excluding tert-OH is 1. The number of carbonyl (C=O) groups excluding carboxylic acids is 1. The maximum Gasteiger partial charge on any atom is 0.268 e. The smallest absolute Gasteiger partial charge is 0.268 e. The first-order chi connectivity index (χ1) is 30.5. The van der Waals surface area contributed by atoms with E-state index in [1.807, 2.05) is 27.2 Å². The van der Waals surface area contributed by atoms with Gasteiger partial charge in [-0.2, -0.15) is 0 Å². The molecule has 1 amide bonds. The Hall–Kier alpha value is -1.02. The maximum atomic E-state index is 12.9. The Morgan fingerprint density at radius 1 is 0.540 bits per heavy atom. The van der Waals surface area contributed by atoms with Crippen LogP contribution in [0.4, 0.5) is 0 Å². The minimum atomic E-state index is -4.59. The lowest BCUT2D eigenvalue weighted by Crippen LogP contribution is -2.45. The molecule has 374 valence electrons. The van der Waals surface area contributed by atoms with Gasteiger partial charge < -0.3 is 28.8 Å². The van der Waals surface area contributed by atoms with E-state index in [0.717, 1.165) is 51.4 Å². The van der Waals surface area contributed by atoms with Crippen LogP contribution in [0, 0.1) is 0 Å². The lowest BCUT2D eigenvalue weighted by atomic mass is 10.0. The predicted molar refractivity (Wildman–Crippen MR) is 270 cm³/mol. The average molecular weight is 911 g/mol. The highest BCUT2D eigenvalue weighted by Gasteiger charge is 2.23. The molecule has 0 aliphatic carbocycles. The van der Waals surface area contributed by atoms with E-state index >= 15 is 0 Å². The summed E-state index contributed by atoms with van der Waals surface area (Å²) in [5.74, 6) is -0.203. The van der Waals surface area contributed by atoms with E-state index in [1.54, 1.807) is 6.08 Å². The van der Waals surface area contributed by atoms with Gasteiger partial charge in [-0.25, -0.2) is 0 Å². The van der Waals surface area contributed by atoms with E-state index < -0.39 is 20.0 Å². The number of nitrogens with one attached hydrogen (secondary N) is 1. The summed E-state index contributed by atoms with van der Waals surface area (Å²) in [5, 5.41) is 13.9. The Morgan fingerprint density at radius 2 is 0.873 bits per heavy atom. The molecule has 0 saturated carbocycles. The summed E-state index contributed by atoms with van der Waals surface area (Å²) in [5.41, 5.74) is 0. The Balaban J connectivity index is 4.23. The van der Waals surface area contributed by atoms with Crippen LogP contribution < -0.4 is 10.2 Å². The number of phosphoric ester groups is 1. The summed E-state index contributed by atoms with van der Waals surface area (Å²) in [6, 6.07) is -0.889.